The van der Waals surface area contributed by atoms with Crippen molar-refractivity contribution >= 4 is 11.8 Å². The highest BCUT2D eigenvalue weighted by Gasteiger charge is 2.34. The highest BCUT2D eigenvalue weighted by molar-refractivity contribution is 5.95. The molecule has 130 valence electrons. The first-order valence-electron chi connectivity index (χ1n) is 8.51. The number of benzene rings is 2. The molecule has 5 nitrogen and oxygen atoms in total. The molecule has 2 aromatic rings. The van der Waals surface area contributed by atoms with E-state index in [0.717, 1.165) is 24.0 Å². The van der Waals surface area contributed by atoms with E-state index in [9.17, 15) is 9.59 Å². The van der Waals surface area contributed by atoms with Gasteiger partial charge in [0.05, 0.1) is 5.92 Å². The van der Waals surface area contributed by atoms with Gasteiger partial charge in [-0.3, -0.25) is 14.8 Å². The van der Waals surface area contributed by atoms with Gasteiger partial charge >= 0.3 is 0 Å². The van der Waals surface area contributed by atoms with Gasteiger partial charge in [-0.25, -0.2) is 5.48 Å². The van der Waals surface area contributed by atoms with Gasteiger partial charge in [0.25, 0.3) is 5.91 Å². The molecule has 0 bridgehead atoms. The smallest absolute Gasteiger partial charge is 0.251 e. The fourth-order valence-corrected chi connectivity index (χ4v) is 3.48. The van der Waals surface area contributed by atoms with Gasteiger partial charge in [0.1, 0.15) is 0 Å². The Morgan fingerprint density at radius 3 is 2.44 bits per heavy atom. The van der Waals surface area contributed by atoms with Crippen molar-refractivity contribution in [2.45, 2.75) is 32.2 Å². The van der Waals surface area contributed by atoms with Gasteiger partial charge in [0.2, 0.25) is 5.91 Å². The largest absolute Gasteiger partial charge is 0.349 e. The Kier molecular flexibility index (Phi) is 5.14. The maximum atomic E-state index is 12.5. The normalized spacial score (nSPS) is 19.4. The molecule has 0 saturated heterocycles. The lowest BCUT2D eigenvalue weighted by Gasteiger charge is -2.19. The van der Waals surface area contributed by atoms with E-state index >= 15 is 0 Å². The Hall–Kier alpha value is -2.66. The number of carbonyl (C=O) groups is 2. The minimum absolute atomic E-state index is 0.195. The van der Waals surface area contributed by atoms with Crippen LogP contribution in [0.2, 0.25) is 0 Å². The van der Waals surface area contributed by atoms with Gasteiger partial charge in [-0.15, -0.1) is 0 Å². The SMILES string of the molecule is Cc1ccccc1-c1ccc(C(=O)NC2CCC[C@@H]2C(=O)NO)cc1. The van der Waals surface area contributed by atoms with E-state index in [2.05, 4.69) is 24.4 Å². The second-order valence-corrected chi connectivity index (χ2v) is 6.49. The third-order valence-electron chi connectivity index (χ3n) is 4.88. The van der Waals surface area contributed by atoms with Crippen molar-refractivity contribution in [3.8, 4) is 11.1 Å². The van der Waals surface area contributed by atoms with Crippen molar-refractivity contribution in [3.05, 3.63) is 59.7 Å². The van der Waals surface area contributed by atoms with Crippen LogP contribution in [0.4, 0.5) is 0 Å². The van der Waals surface area contributed by atoms with Crippen molar-refractivity contribution in [1.82, 2.24) is 10.8 Å². The predicted octanol–water partition coefficient (Wildman–Crippen LogP) is 3.07. The minimum atomic E-state index is -0.433. The molecule has 1 saturated carbocycles. The number of rotatable bonds is 4. The lowest BCUT2D eigenvalue weighted by Crippen LogP contribution is -2.43. The van der Waals surface area contributed by atoms with Crippen LogP contribution in [0.15, 0.2) is 48.5 Å². The summed E-state index contributed by atoms with van der Waals surface area (Å²) < 4.78 is 0. The van der Waals surface area contributed by atoms with Crippen molar-refractivity contribution in [3.63, 3.8) is 0 Å². The first-order valence-corrected chi connectivity index (χ1v) is 8.51. The van der Waals surface area contributed by atoms with Gasteiger partial charge in [-0.2, -0.15) is 0 Å². The summed E-state index contributed by atoms with van der Waals surface area (Å²) in [4.78, 5) is 24.1. The molecule has 1 aliphatic carbocycles. The zero-order chi connectivity index (χ0) is 17.8. The molecule has 1 fully saturated rings. The van der Waals surface area contributed by atoms with E-state index in [1.165, 1.54) is 5.56 Å². The number of aryl methyl sites for hydroxylation is 1. The molecule has 0 heterocycles. The van der Waals surface area contributed by atoms with Crippen LogP contribution in [0.25, 0.3) is 11.1 Å². The molecular weight excluding hydrogens is 316 g/mol. The van der Waals surface area contributed by atoms with Crippen molar-refractivity contribution in [2.75, 3.05) is 0 Å². The van der Waals surface area contributed by atoms with E-state index in [1.54, 1.807) is 17.6 Å². The topological polar surface area (TPSA) is 78.4 Å². The molecule has 3 rings (SSSR count). The maximum Gasteiger partial charge on any atom is 0.251 e. The first kappa shape index (κ1) is 17.2. The third kappa shape index (κ3) is 3.72. The maximum absolute atomic E-state index is 12.5. The summed E-state index contributed by atoms with van der Waals surface area (Å²) in [6.45, 7) is 2.06. The molecule has 1 unspecified atom stereocenters. The molecular formula is C20H22N2O3. The van der Waals surface area contributed by atoms with Gasteiger partial charge in [0, 0.05) is 11.6 Å². The highest BCUT2D eigenvalue weighted by atomic mass is 16.5. The summed E-state index contributed by atoms with van der Waals surface area (Å²) >= 11 is 0. The monoisotopic (exact) mass is 338 g/mol. The van der Waals surface area contributed by atoms with E-state index in [1.807, 2.05) is 24.3 Å². The summed E-state index contributed by atoms with van der Waals surface area (Å²) in [5, 5.41) is 11.7. The van der Waals surface area contributed by atoms with Gasteiger partial charge in [-0.1, -0.05) is 42.8 Å². The number of hydrogen-bond acceptors (Lipinski definition) is 3. The Morgan fingerprint density at radius 1 is 1.04 bits per heavy atom. The molecule has 2 atom stereocenters. The summed E-state index contributed by atoms with van der Waals surface area (Å²) in [6.07, 6.45) is 2.27. The third-order valence-corrected chi connectivity index (χ3v) is 4.88. The number of hydrogen-bond donors (Lipinski definition) is 3. The Labute approximate surface area is 147 Å². The zero-order valence-electron chi connectivity index (χ0n) is 14.2. The van der Waals surface area contributed by atoms with Crippen LogP contribution in [0, 0.1) is 12.8 Å². The molecule has 0 aromatic heterocycles. The number of carbonyl (C=O) groups excluding carboxylic acids is 2. The van der Waals surface area contributed by atoms with E-state index in [4.69, 9.17) is 5.21 Å². The summed E-state index contributed by atoms with van der Waals surface area (Å²) in [5.41, 5.74) is 5.64. The highest BCUT2D eigenvalue weighted by Crippen LogP contribution is 2.27. The molecule has 2 amide bonds. The predicted molar refractivity (Wildman–Crippen MR) is 95.1 cm³/mol. The summed E-state index contributed by atoms with van der Waals surface area (Å²) in [7, 11) is 0. The van der Waals surface area contributed by atoms with Crippen LogP contribution in [-0.2, 0) is 4.79 Å². The minimum Gasteiger partial charge on any atom is -0.349 e. The van der Waals surface area contributed by atoms with E-state index in [-0.39, 0.29) is 17.9 Å². The second-order valence-electron chi connectivity index (χ2n) is 6.49. The van der Waals surface area contributed by atoms with Crippen LogP contribution < -0.4 is 10.8 Å². The second kappa shape index (κ2) is 7.49. The van der Waals surface area contributed by atoms with Crippen LogP contribution in [-0.4, -0.2) is 23.1 Å². The van der Waals surface area contributed by atoms with Crippen LogP contribution in [0.5, 0.6) is 0 Å². The standard InChI is InChI=1S/C20H22N2O3/c1-13-5-2-3-6-16(13)14-9-11-15(12-10-14)19(23)21-18-8-4-7-17(18)20(24)22-25/h2-3,5-6,9-12,17-18,25H,4,7-8H2,1H3,(H,21,23)(H,22,24)/t17-,18?/m0/s1. The summed E-state index contributed by atoms with van der Waals surface area (Å²) in [6, 6.07) is 15.3. The van der Waals surface area contributed by atoms with Gasteiger partial charge < -0.3 is 5.32 Å². The molecule has 0 spiro atoms. The lowest BCUT2D eigenvalue weighted by molar-refractivity contribution is -0.133. The van der Waals surface area contributed by atoms with Crippen LogP contribution in [0.3, 0.4) is 0 Å². The fourth-order valence-electron chi connectivity index (χ4n) is 3.48. The number of hydroxylamine groups is 1. The number of nitrogens with one attached hydrogen (secondary N) is 2. The van der Waals surface area contributed by atoms with Gasteiger partial charge in [-0.05, 0) is 48.6 Å². The van der Waals surface area contributed by atoms with E-state index < -0.39 is 5.91 Å². The summed E-state index contributed by atoms with van der Waals surface area (Å²) in [5.74, 6) is -1.00. The average molecular weight is 338 g/mol. The van der Waals surface area contributed by atoms with E-state index in [0.29, 0.717) is 12.0 Å². The van der Waals surface area contributed by atoms with Crippen LogP contribution >= 0.6 is 0 Å². The quantitative estimate of drug-likeness (QED) is 0.592. The molecule has 3 N–H and O–H groups in total. The molecule has 1 aliphatic rings. The lowest BCUT2D eigenvalue weighted by atomic mass is 9.99. The van der Waals surface area contributed by atoms with Crippen LogP contribution in [0.1, 0.15) is 35.2 Å². The Balaban J connectivity index is 1.71. The van der Waals surface area contributed by atoms with Crippen molar-refractivity contribution in [2.24, 2.45) is 5.92 Å². The average Bonchev–Trinajstić information content (AvgIpc) is 3.09. The van der Waals surface area contributed by atoms with Gasteiger partial charge in [0.15, 0.2) is 0 Å². The Morgan fingerprint density at radius 2 is 1.76 bits per heavy atom. The molecule has 2 aromatic carbocycles. The molecule has 5 heteroatoms. The number of amides is 2. The molecule has 25 heavy (non-hydrogen) atoms. The van der Waals surface area contributed by atoms with Crippen molar-refractivity contribution in [1.29, 1.82) is 0 Å². The fraction of sp³-hybridized carbons (Fsp3) is 0.300. The zero-order valence-corrected chi connectivity index (χ0v) is 14.2. The van der Waals surface area contributed by atoms with Crippen molar-refractivity contribution < 1.29 is 14.8 Å². The molecule has 0 radical (unpaired) electrons. The Bertz CT molecular complexity index is 771. The first-order chi connectivity index (χ1) is 12.1. The molecule has 0 aliphatic heterocycles.